The number of nitrogens with zero attached hydrogens (tertiary/aromatic N) is 1. The second-order valence-electron chi connectivity index (χ2n) is 6.80. The van der Waals surface area contributed by atoms with Crippen LogP contribution in [-0.4, -0.2) is 25.1 Å². The van der Waals surface area contributed by atoms with Crippen LogP contribution in [0.15, 0.2) is 71.8 Å². The van der Waals surface area contributed by atoms with E-state index >= 15 is 0 Å². The number of anilines is 1. The summed E-state index contributed by atoms with van der Waals surface area (Å²) in [6, 6.07) is 19.4. The van der Waals surface area contributed by atoms with Crippen LogP contribution in [0.25, 0.3) is 11.6 Å². The van der Waals surface area contributed by atoms with Gasteiger partial charge in [0.2, 0.25) is 0 Å². The Balaban J connectivity index is 1.44. The van der Waals surface area contributed by atoms with Gasteiger partial charge in [-0.1, -0.05) is 23.7 Å². The van der Waals surface area contributed by atoms with E-state index in [9.17, 15) is 9.59 Å². The molecule has 1 aliphatic rings. The van der Waals surface area contributed by atoms with Crippen molar-refractivity contribution in [2.75, 3.05) is 12.4 Å². The van der Waals surface area contributed by atoms with Crippen LogP contribution in [-0.2, 0) is 4.79 Å². The Morgan fingerprint density at radius 2 is 1.74 bits per heavy atom. The Morgan fingerprint density at radius 1 is 1.03 bits per heavy atom. The molecule has 0 bridgehead atoms. The van der Waals surface area contributed by atoms with Crippen molar-refractivity contribution in [2.45, 2.75) is 0 Å². The third kappa shape index (κ3) is 4.65. The van der Waals surface area contributed by atoms with Crippen molar-refractivity contribution < 1.29 is 14.3 Å². The van der Waals surface area contributed by atoms with Crippen molar-refractivity contribution in [1.82, 2.24) is 5.43 Å². The second kappa shape index (κ2) is 8.85. The van der Waals surface area contributed by atoms with Crippen molar-refractivity contribution in [3.8, 4) is 5.75 Å². The molecule has 0 saturated heterocycles. The predicted octanol–water partition coefficient (Wildman–Crippen LogP) is 4.61. The molecule has 1 aliphatic heterocycles. The lowest BCUT2D eigenvalue weighted by Gasteiger charge is -2.03. The quantitative estimate of drug-likeness (QED) is 0.352. The van der Waals surface area contributed by atoms with Crippen molar-refractivity contribution in [3.63, 3.8) is 0 Å². The number of hydrogen-bond donors (Lipinski definition) is 2. The fourth-order valence-electron chi connectivity index (χ4n) is 3.12. The Kier molecular flexibility index (Phi) is 5.82. The number of fused-ring (bicyclic) bond motifs is 1. The minimum atomic E-state index is -0.334. The zero-order chi connectivity index (χ0) is 21.8. The van der Waals surface area contributed by atoms with Gasteiger partial charge in [-0.15, -0.1) is 0 Å². The Bertz CT molecular complexity index is 1200. The highest BCUT2D eigenvalue weighted by Crippen LogP contribution is 2.34. The third-order valence-electron chi connectivity index (χ3n) is 4.74. The highest BCUT2D eigenvalue weighted by atomic mass is 35.5. The first-order chi connectivity index (χ1) is 15.0. The molecule has 4 rings (SSSR count). The van der Waals surface area contributed by atoms with Gasteiger partial charge in [0.15, 0.2) is 0 Å². The second-order valence-corrected chi connectivity index (χ2v) is 7.23. The van der Waals surface area contributed by atoms with Gasteiger partial charge in [-0.3, -0.25) is 9.59 Å². The normalized spacial score (nSPS) is 13.9. The van der Waals surface area contributed by atoms with Crippen LogP contribution in [0.3, 0.4) is 0 Å². The molecule has 2 N–H and O–H groups in total. The van der Waals surface area contributed by atoms with Crippen molar-refractivity contribution in [3.05, 3.63) is 94.0 Å². The van der Waals surface area contributed by atoms with Crippen molar-refractivity contribution in [2.24, 2.45) is 5.10 Å². The fourth-order valence-corrected chi connectivity index (χ4v) is 3.29. The number of hydrazone groups is 1. The molecular formula is C24H18ClN3O3. The lowest BCUT2D eigenvalue weighted by Crippen LogP contribution is -2.17. The molecule has 1 heterocycles. The lowest BCUT2D eigenvalue weighted by molar-refractivity contribution is -0.110. The van der Waals surface area contributed by atoms with Gasteiger partial charge in [0.25, 0.3) is 11.8 Å². The van der Waals surface area contributed by atoms with Crippen molar-refractivity contribution in [1.29, 1.82) is 0 Å². The van der Waals surface area contributed by atoms with Crippen LogP contribution < -0.4 is 15.5 Å². The molecule has 0 spiro atoms. The summed E-state index contributed by atoms with van der Waals surface area (Å²) in [7, 11) is 1.60. The standard InChI is InChI=1S/C24H18ClN3O3/c1-31-19-9-4-16(5-10-19)14-26-28-23(29)17-6-2-15(3-7-17)12-21-20-13-18(25)8-11-22(20)27-24(21)30/h2-14H,1H3,(H,27,30)(H,28,29)/b21-12+,26-14+. The SMILES string of the molecule is COc1ccc(/C=N/NC(=O)c2ccc(/C=C3/C(=O)Nc4ccc(Cl)cc43)cc2)cc1. The van der Waals surface area contributed by atoms with Crippen LogP contribution >= 0.6 is 11.6 Å². The van der Waals surface area contributed by atoms with Gasteiger partial charge in [-0.25, -0.2) is 5.43 Å². The summed E-state index contributed by atoms with van der Waals surface area (Å²) in [5.74, 6) is 0.226. The van der Waals surface area contributed by atoms with Gasteiger partial charge < -0.3 is 10.1 Å². The third-order valence-corrected chi connectivity index (χ3v) is 4.98. The molecule has 0 fully saturated rings. The molecule has 3 aromatic rings. The Morgan fingerprint density at radius 3 is 2.45 bits per heavy atom. The molecule has 31 heavy (non-hydrogen) atoms. The van der Waals surface area contributed by atoms with Crippen LogP contribution in [0, 0.1) is 0 Å². The number of ether oxygens (including phenoxy) is 1. The molecule has 0 radical (unpaired) electrons. The summed E-state index contributed by atoms with van der Waals surface area (Å²) >= 11 is 6.06. The van der Waals surface area contributed by atoms with E-state index in [1.165, 1.54) is 0 Å². The molecule has 6 nitrogen and oxygen atoms in total. The Hall–Kier alpha value is -3.90. The number of rotatable bonds is 5. The van der Waals surface area contributed by atoms with Crippen LogP contribution in [0.5, 0.6) is 5.75 Å². The number of halogens is 1. The molecule has 0 unspecified atom stereocenters. The maximum absolute atomic E-state index is 12.3. The van der Waals surface area contributed by atoms with E-state index in [2.05, 4.69) is 15.8 Å². The predicted molar refractivity (Wildman–Crippen MR) is 122 cm³/mol. The Labute approximate surface area is 184 Å². The van der Waals surface area contributed by atoms with Crippen LogP contribution in [0.4, 0.5) is 5.69 Å². The van der Waals surface area contributed by atoms with Gasteiger partial charge in [0.05, 0.1) is 13.3 Å². The van der Waals surface area contributed by atoms with Gasteiger partial charge >= 0.3 is 0 Å². The van der Waals surface area contributed by atoms with Gasteiger partial charge in [-0.2, -0.15) is 5.10 Å². The molecular weight excluding hydrogens is 414 g/mol. The molecule has 2 amide bonds. The first-order valence-corrected chi connectivity index (χ1v) is 9.82. The molecule has 7 heteroatoms. The van der Waals surface area contributed by atoms with E-state index in [1.54, 1.807) is 61.9 Å². The maximum Gasteiger partial charge on any atom is 0.271 e. The van der Waals surface area contributed by atoms with Gasteiger partial charge in [-0.05, 0) is 71.8 Å². The minimum absolute atomic E-state index is 0.188. The summed E-state index contributed by atoms with van der Waals surface area (Å²) in [5, 5.41) is 7.35. The summed E-state index contributed by atoms with van der Waals surface area (Å²) in [5.41, 5.74) is 6.58. The fraction of sp³-hybridized carbons (Fsp3) is 0.0417. The number of amides is 2. The minimum Gasteiger partial charge on any atom is -0.497 e. The molecule has 0 saturated carbocycles. The molecule has 154 valence electrons. The van der Waals surface area contributed by atoms with Crippen LogP contribution in [0.1, 0.15) is 27.0 Å². The average Bonchev–Trinajstić information content (AvgIpc) is 3.09. The molecule has 0 atom stereocenters. The zero-order valence-corrected chi connectivity index (χ0v) is 17.3. The van der Waals surface area contributed by atoms with E-state index in [4.69, 9.17) is 16.3 Å². The number of hydrogen-bond acceptors (Lipinski definition) is 4. The lowest BCUT2D eigenvalue weighted by atomic mass is 10.0. The largest absolute Gasteiger partial charge is 0.497 e. The van der Waals surface area contributed by atoms with E-state index in [0.717, 1.165) is 28.1 Å². The molecule has 0 aromatic heterocycles. The van der Waals surface area contributed by atoms with Gasteiger partial charge in [0, 0.05) is 27.4 Å². The monoisotopic (exact) mass is 431 g/mol. The highest BCUT2D eigenvalue weighted by Gasteiger charge is 2.24. The maximum atomic E-state index is 12.3. The van der Waals surface area contributed by atoms with E-state index in [-0.39, 0.29) is 11.8 Å². The smallest absolute Gasteiger partial charge is 0.271 e. The van der Waals surface area contributed by atoms with Crippen molar-refractivity contribution >= 4 is 47.0 Å². The molecule has 0 aliphatic carbocycles. The van der Waals surface area contributed by atoms with E-state index in [1.807, 2.05) is 24.3 Å². The number of carbonyl (C=O) groups excluding carboxylic acids is 2. The van der Waals surface area contributed by atoms with Gasteiger partial charge in [0.1, 0.15) is 5.75 Å². The summed E-state index contributed by atoms with van der Waals surface area (Å²) in [4.78, 5) is 24.6. The van der Waals surface area contributed by atoms with E-state index in [0.29, 0.717) is 16.2 Å². The van der Waals surface area contributed by atoms with E-state index < -0.39 is 0 Å². The number of benzene rings is 3. The highest BCUT2D eigenvalue weighted by molar-refractivity contribution is 6.36. The first kappa shape index (κ1) is 20.4. The summed E-state index contributed by atoms with van der Waals surface area (Å²) in [6.45, 7) is 0. The number of methoxy groups -OCH3 is 1. The molecule has 3 aromatic carbocycles. The first-order valence-electron chi connectivity index (χ1n) is 9.44. The topological polar surface area (TPSA) is 79.8 Å². The number of carbonyl (C=O) groups is 2. The number of nitrogens with one attached hydrogen (secondary N) is 2. The average molecular weight is 432 g/mol. The van der Waals surface area contributed by atoms with Crippen LogP contribution in [0.2, 0.25) is 5.02 Å². The zero-order valence-electron chi connectivity index (χ0n) is 16.6. The summed E-state index contributed by atoms with van der Waals surface area (Å²) in [6.07, 6.45) is 3.32. The summed E-state index contributed by atoms with van der Waals surface area (Å²) < 4.78 is 5.10.